The average molecular weight is 379 g/mol. The maximum atomic E-state index is 12.8. The molecular formula is C19H13N3O4S. The van der Waals surface area contributed by atoms with Gasteiger partial charge in [-0.2, -0.15) is 8.75 Å². The van der Waals surface area contributed by atoms with Gasteiger partial charge in [0.1, 0.15) is 22.5 Å². The molecule has 0 saturated heterocycles. The quantitative estimate of drug-likeness (QED) is 0.425. The van der Waals surface area contributed by atoms with Gasteiger partial charge >= 0.3 is 5.97 Å². The van der Waals surface area contributed by atoms with Gasteiger partial charge in [0.15, 0.2) is 0 Å². The van der Waals surface area contributed by atoms with Gasteiger partial charge in [-0.3, -0.25) is 9.59 Å². The Morgan fingerprint density at radius 2 is 2.07 bits per heavy atom. The van der Waals surface area contributed by atoms with E-state index in [0.29, 0.717) is 28.1 Å². The van der Waals surface area contributed by atoms with E-state index in [1.807, 2.05) is 12.1 Å². The number of carbonyl (C=O) groups is 1. The maximum Gasteiger partial charge on any atom is 0.312 e. The minimum Gasteiger partial charge on any atom is -0.497 e. The molecule has 2 aromatic heterocycles. The van der Waals surface area contributed by atoms with E-state index < -0.39 is 5.92 Å². The van der Waals surface area contributed by atoms with Crippen LogP contribution in [-0.2, 0) is 4.79 Å². The molecule has 0 saturated carbocycles. The third kappa shape index (κ3) is 2.48. The zero-order valence-electron chi connectivity index (χ0n) is 14.2. The number of ether oxygens (including phenoxy) is 2. The number of nitrogens with zero attached hydrogens (tertiary/aromatic N) is 2. The highest BCUT2D eigenvalue weighted by atomic mass is 32.1. The number of benzene rings is 2. The van der Waals surface area contributed by atoms with Crippen molar-refractivity contribution in [3.63, 3.8) is 0 Å². The minimum atomic E-state index is -0.451. The van der Waals surface area contributed by atoms with E-state index in [9.17, 15) is 9.59 Å². The van der Waals surface area contributed by atoms with Gasteiger partial charge in [-0.25, -0.2) is 0 Å². The second kappa shape index (κ2) is 5.88. The molecule has 0 spiro atoms. The first kappa shape index (κ1) is 16.0. The highest BCUT2D eigenvalue weighted by Gasteiger charge is 2.33. The highest BCUT2D eigenvalue weighted by Crippen LogP contribution is 2.41. The fourth-order valence-electron chi connectivity index (χ4n) is 3.56. The van der Waals surface area contributed by atoms with Crippen molar-refractivity contribution in [2.75, 3.05) is 7.11 Å². The Balaban J connectivity index is 1.77. The van der Waals surface area contributed by atoms with E-state index in [-0.39, 0.29) is 17.9 Å². The second-order valence-corrected chi connectivity index (χ2v) is 6.88. The smallest absolute Gasteiger partial charge is 0.312 e. The second-order valence-electron chi connectivity index (χ2n) is 6.35. The van der Waals surface area contributed by atoms with Crippen LogP contribution in [0.4, 0.5) is 0 Å². The van der Waals surface area contributed by atoms with Crippen molar-refractivity contribution in [1.29, 1.82) is 0 Å². The molecule has 8 heteroatoms. The lowest BCUT2D eigenvalue weighted by Gasteiger charge is -2.24. The fourth-order valence-corrected chi connectivity index (χ4v) is 4.11. The number of H-pyrrole nitrogens is 1. The van der Waals surface area contributed by atoms with Gasteiger partial charge in [0.25, 0.3) is 5.56 Å². The van der Waals surface area contributed by atoms with E-state index in [4.69, 9.17) is 9.47 Å². The zero-order chi connectivity index (χ0) is 18.5. The van der Waals surface area contributed by atoms with Crippen molar-refractivity contribution in [2.24, 2.45) is 0 Å². The molecule has 0 unspecified atom stereocenters. The van der Waals surface area contributed by atoms with E-state index >= 15 is 0 Å². The number of pyridine rings is 1. The van der Waals surface area contributed by atoms with Crippen molar-refractivity contribution in [2.45, 2.75) is 12.3 Å². The highest BCUT2D eigenvalue weighted by molar-refractivity contribution is 7.00. The van der Waals surface area contributed by atoms with E-state index in [2.05, 4.69) is 13.7 Å². The van der Waals surface area contributed by atoms with Crippen LogP contribution in [-0.4, -0.2) is 26.8 Å². The number of aromatic amines is 1. The molecule has 0 aliphatic carbocycles. The van der Waals surface area contributed by atoms with E-state index in [0.717, 1.165) is 28.2 Å². The van der Waals surface area contributed by atoms with Crippen molar-refractivity contribution in [1.82, 2.24) is 13.7 Å². The summed E-state index contributed by atoms with van der Waals surface area (Å²) in [5.41, 5.74) is 3.08. The Morgan fingerprint density at radius 3 is 2.93 bits per heavy atom. The molecule has 0 amide bonds. The normalized spacial score (nSPS) is 16.3. The third-order valence-corrected chi connectivity index (χ3v) is 5.37. The van der Waals surface area contributed by atoms with Crippen LogP contribution in [0.15, 0.2) is 41.2 Å². The van der Waals surface area contributed by atoms with Gasteiger partial charge in [-0.15, -0.1) is 0 Å². The van der Waals surface area contributed by atoms with Crippen LogP contribution in [0.2, 0.25) is 0 Å². The number of esters is 1. The molecule has 0 bridgehead atoms. The molecule has 27 heavy (non-hydrogen) atoms. The monoisotopic (exact) mass is 379 g/mol. The molecule has 2 aromatic carbocycles. The van der Waals surface area contributed by atoms with Crippen LogP contribution in [0, 0.1) is 0 Å². The zero-order valence-corrected chi connectivity index (χ0v) is 15.0. The molecule has 134 valence electrons. The molecule has 0 fully saturated rings. The summed E-state index contributed by atoms with van der Waals surface area (Å²) >= 11 is 1.09. The molecule has 0 radical (unpaired) electrons. The van der Waals surface area contributed by atoms with Gasteiger partial charge in [-0.1, -0.05) is 0 Å². The van der Waals surface area contributed by atoms with Crippen molar-refractivity contribution in [3.8, 4) is 11.5 Å². The van der Waals surface area contributed by atoms with Crippen LogP contribution in [0.5, 0.6) is 11.5 Å². The minimum absolute atomic E-state index is 0.0716. The average Bonchev–Trinajstić information content (AvgIpc) is 3.15. The number of nitrogens with one attached hydrogen (secondary N) is 1. The van der Waals surface area contributed by atoms with Crippen LogP contribution < -0.4 is 15.0 Å². The largest absolute Gasteiger partial charge is 0.497 e. The van der Waals surface area contributed by atoms with Crippen molar-refractivity contribution >= 4 is 39.6 Å². The standard InChI is InChI=1S/C19H13N3O4S/c1-25-10-2-3-13-9(6-10)7-12(19(24)20-13)11-8-16(23)26-15-5-4-14-18(17(11)15)22-27-21-14/h2-7,11H,8H2,1H3,(H,20,24)/t11-/m1/s1. The Hall–Kier alpha value is -3.26. The first-order valence-corrected chi connectivity index (χ1v) is 9.04. The number of methoxy groups -OCH3 is 1. The maximum absolute atomic E-state index is 12.8. The van der Waals surface area contributed by atoms with Crippen LogP contribution in [0.3, 0.4) is 0 Å². The molecule has 1 aliphatic heterocycles. The molecule has 3 heterocycles. The van der Waals surface area contributed by atoms with Gasteiger partial charge in [0.2, 0.25) is 0 Å². The molecule has 1 atom stereocenters. The molecular weight excluding hydrogens is 366 g/mol. The number of rotatable bonds is 2. The lowest BCUT2D eigenvalue weighted by Crippen LogP contribution is -2.26. The Labute approximate surface area is 156 Å². The summed E-state index contributed by atoms with van der Waals surface area (Å²) in [6, 6.07) is 10.7. The molecule has 4 aromatic rings. The molecule has 5 rings (SSSR count). The Morgan fingerprint density at radius 1 is 1.19 bits per heavy atom. The molecule has 1 N–H and O–H groups in total. The number of hydrogen-bond acceptors (Lipinski definition) is 7. The summed E-state index contributed by atoms with van der Waals surface area (Å²) in [5, 5.41) is 0.827. The topological polar surface area (TPSA) is 94.2 Å². The number of carbonyl (C=O) groups excluding carboxylic acids is 1. The summed E-state index contributed by atoms with van der Waals surface area (Å²) in [7, 11) is 1.59. The van der Waals surface area contributed by atoms with E-state index in [1.165, 1.54) is 0 Å². The first-order chi connectivity index (χ1) is 13.1. The van der Waals surface area contributed by atoms with Crippen molar-refractivity contribution < 1.29 is 14.3 Å². The first-order valence-electron chi connectivity index (χ1n) is 8.31. The summed E-state index contributed by atoms with van der Waals surface area (Å²) in [4.78, 5) is 27.9. The summed E-state index contributed by atoms with van der Waals surface area (Å²) in [6.07, 6.45) is 0.0716. The number of hydrogen-bond donors (Lipinski definition) is 1. The van der Waals surface area contributed by atoms with Gasteiger partial charge in [-0.05, 0) is 36.4 Å². The number of aromatic nitrogens is 3. The molecule has 7 nitrogen and oxygen atoms in total. The third-order valence-electron chi connectivity index (χ3n) is 4.83. The van der Waals surface area contributed by atoms with Gasteiger partial charge < -0.3 is 14.5 Å². The fraction of sp³-hybridized carbons (Fsp3) is 0.158. The number of fused-ring (bicyclic) bond motifs is 4. The Kier molecular flexibility index (Phi) is 3.48. The summed E-state index contributed by atoms with van der Waals surface area (Å²) in [6.45, 7) is 0. The van der Waals surface area contributed by atoms with Gasteiger partial charge in [0, 0.05) is 27.9 Å². The SMILES string of the molecule is COc1ccc2[nH]c(=O)c([C@H]3CC(=O)Oc4ccc5nsnc5c43)cc2c1. The predicted molar refractivity (Wildman–Crippen MR) is 101 cm³/mol. The predicted octanol–water partition coefficient (Wildman–Crippen LogP) is 2.98. The Bertz CT molecular complexity index is 1280. The van der Waals surface area contributed by atoms with E-state index in [1.54, 1.807) is 31.4 Å². The van der Waals surface area contributed by atoms with Gasteiger partial charge in [0.05, 0.1) is 25.3 Å². The van der Waals surface area contributed by atoms with Crippen LogP contribution >= 0.6 is 11.7 Å². The summed E-state index contributed by atoms with van der Waals surface area (Å²) in [5.74, 6) is 0.296. The van der Waals surface area contributed by atoms with Crippen molar-refractivity contribution in [3.05, 3.63) is 57.9 Å². The molecule has 1 aliphatic rings. The lowest BCUT2D eigenvalue weighted by atomic mass is 9.85. The van der Waals surface area contributed by atoms with Crippen LogP contribution in [0.1, 0.15) is 23.5 Å². The lowest BCUT2D eigenvalue weighted by molar-refractivity contribution is -0.135. The summed E-state index contributed by atoms with van der Waals surface area (Å²) < 4.78 is 19.3. The van der Waals surface area contributed by atoms with Crippen LogP contribution in [0.25, 0.3) is 21.9 Å².